The third-order valence-corrected chi connectivity index (χ3v) is 3.07. The minimum atomic E-state index is 0.695. The standard InChI is InChI=1S/C14H24N2.C3H6/c1-4-7-13(5-2)9-11-16(3)12-14-8-6-10-15-14;1-3-2/h4-5,7,14-15H,1-2,6,8-12H2,3H3;3H,1H2,2H3/b13-7+;. The highest BCUT2D eigenvalue weighted by Gasteiger charge is 2.15. The molecule has 2 nitrogen and oxygen atoms in total. The van der Waals surface area contributed by atoms with Crippen LogP contribution in [-0.4, -0.2) is 37.6 Å². The van der Waals surface area contributed by atoms with E-state index in [9.17, 15) is 0 Å². The highest BCUT2D eigenvalue weighted by atomic mass is 15.1. The van der Waals surface area contributed by atoms with Crippen LogP contribution in [-0.2, 0) is 0 Å². The Bertz CT molecular complexity index is 286. The van der Waals surface area contributed by atoms with E-state index in [-0.39, 0.29) is 0 Å². The molecule has 1 N–H and O–H groups in total. The van der Waals surface area contributed by atoms with Crippen LogP contribution in [0.3, 0.4) is 0 Å². The second kappa shape index (κ2) is 11.9. The Labute approximate surface area is 119 Å². The van der Waals surface area contributed by atoms with E-state index in [1.807, 2.05) is 25.2 Å². The minimum absolute atomic E-state index is 0.695. The first-order valence-corrected chi connectivity index (χ1v) is 7.10. The molecule has 1 saturated heterocycles. The molecule has 1 rings (SSSR count). The quantitative estimate of drug-likeness (QED) is 0.557. The Morgan fingerprint density at radius 2 is 2.05 bits per heavy atom. The maximum atomic E-state index is 3.81. The summed E-state index contributed by atoms with van der Waals surface area (Å²) in [4.78, 5) is 2.39. The molecule has 0 aromatic rings. The number of hydrogen-bond acceptors (Lipinski definition) is 2. The summed E-state index contributed by atoms with van der Waals surface area (Å²) in [6.07, 6.45) is 11.2. The van der Waals surface area contributed by atoms with E-state index in [1.165, 1.54) is 25.0 Å². The minimum Gasteiger partial charge on any atom is -0.313 e. The summed E-state index contributed by atoms with van der Waals surface area (Å²) in [6, 6.07) is 0.695. The van der Waals surface area contributed by atoms with Gasteiger partial charge in [-0.2, -0.15) is 0 Å². The maximum absolute atomic E-state index is 3.81. The number of allylic oxidation sites excluding steroid dienone is 4. The number of hydrogen-bond donors (Lipinski definition) is 1. The second-order valence-electron chi connectivity index (χ2n) is 4.90. The van der Waals surface area contributed by atoms with Gasteiger partial charge in [-0.1, -0.05) is 37.5 Å². The van der Waals surface area contributed by atoms with Gasteiger partial charge in [0.05, 0.1) is 0 Å². The van der Waals surface area contributed by atoms with Crippen molar-refractivity contribution in [1.29, 1.82) is 0 Å². The SMILES string of the molecule is C=C/C=C(\C=C)CCN(C)CC1CCCN1.C=CC. The fourth-order valence-electron chi connectivity index (χ4n) is 2.10. The molecule has 19 heavy (non-hydrogen) atoms. The molecule has 108 valence electrons. The van der Waals surface area contributed by atoms with E-state index in [0.717, 1.165) is 19.5 Å². The van der Waals surface area contributed by atoms with Gasteiger partial charge in [0, 0.05) is 19.1 Å². The first-order valence-electron chi connectivity index (χ1n) is 7.10. The van der Waals surface area contributed by atoms with Gasteiger partial charge in [-0.15, -0.1) is 6.58 Å². The lowest BCUT2D eigenvalue weighted by Crippen LogP contribution is -2.35. The molecule has 0 radical (unpaired) electrons. The average Bonchev–Trinajstić information content (AvgIpc) is 2.88. The fourth-order valence-corrected chi connectivity index (χ4v) is 2.10. The summed E-state index contributed by atoms with van der Waals surface area (Å²) in [7, 11) is 2.19. The van der Waals surface area contributed by atoms with E-state index in [0.29, 0.717) is 6.04 Å². The second-order valence-corrected chi connectivity index (χ2v) is 4.90. The van der Waals surface area contributed by atoms with Gasteiger partial charge in [-0.25, -0.2) is 0 Å². The molecule has 0 amide bonds. The summed E-state index contributed by atoms with van der Waals surface area (Å²) in [5, 5.41) is 3.52. The lowest BCUT2D eigenvalue weighted by Gasteiger charge is -2.21. The van der Waals surface area contributed by atoms with Gasteiger partial charge in [0.25, 0.3) is 0 Å². The maximum Gasteiger partial charge on any atom is 0.0195 e. The van der Waals surface area contributed by atoms with Crippen LogP contribution in [0.2, 0.25) is 0 Å². The van der Waals surface area contributed by atoms with Gasteiger partial charge in [-0.05, 0) is 45.4 Å². The van der Waals surface area contributed by atoms with E-state index in [1.54, 1.807) is 6.08 Å². The Morgan fingerprint density at radius 1 is 1.37 bits per heavy atom. The van der Waals surface area contributed by atoms with Crippen molar-refractivity contribution in [2.45, 2.75) is 32.2 Å². The Kier molecular flexibility index (Phi) is 11.2. The first-order chi connectivity index (χ1) is 9.17. The van der Waals surface area contributed by atoms with Crippen molar-refractivity contribution in [3.05, 3.63) is 49.6 Å². The molecule has 1 aliphatic heterocycles. The smallest absolute Gasteiger partial charge is 0.0195 e. The predicted molar refractivity (Wildman–Crippen MR) is 87.5 cm³/mol. The number of nitrogens with one attached hydrogen (secondary N) is 1. The topological polar surface area (TPSA) is 15.3 Å². The normalized spacial score (nSPS) is 18.7. The molecule has 1 unspecified atom stereocenters. The van der Waals surface area contributed by atoms with Gasteiger partial charge in [-0.3, -0.25) is 0 Å². The van der Waals surface area contributed by atoms with Crippen LogP contribution in [0.5, 0.6) is 0 Å². The first kappa shape index (κ1) is 17.9. The van der Waals surface area contributed by atoms with E-state index >= 15 is 0 Å². The van der Waals surface area contributed by atoms with Gasteiger partial charge in [0.1, 0.15) is 0 Å². The molecule has 1 heterocycles. The van der Waals surface area contributed by atoms with E-state index in [2.05, 4.69) is 37.0 Å². The number of rotatable bonds is 7. The van der Waals surface area contributed by atoms with Crippen molar-refractivity contribution < 1.29 is 0 Å². The summed E-state index contributed by atoms with van der Waals surface area (Å²) < 4.78 is 0. The van der Waals surface area contributed by atoms with Crippen LogP contribution in [0.15, 0.2) is 49.6 Å². The van der Waals surface area contributed by atoms with Crippen LogP contribution < -0.4 is 5.32 Å². The Balaban J connectivity index is 0.000000982. The summed E-state index contributed by atoms with van der Waals surface area (Å²) >= 11 is 0. The third-order valence-electron chi connectivity index (χ3n) is 3.07. The molecule has 0 aromatic heterocycles. The molecular formula is C17H30N2. The van der Waals surface area contributed by atoms with Gasteiger partial charge in [0.2, 0.25) is 0 Å². The molecule has 1 fully saturated rings. The van der Waals surface area contributed by atoms with Crippen LogP contribution in [0, 0.1) is 0 Å². The molecule has 1 aliphatic rings. The molecule has 0 saturated carbocycles. The largest absolute Gasteiger partial charge is 0.313 e. The van der Waals surface area contributed by atoms with Crippen LogP contribution in [0.1, 0.15) is 26.2 Å². The lowest BCUT2D eigenvalue weighted by atomic mass is 10.1. The number of nitrogens with zero attached hydrogens (tertiary/aromatic N) is 1. The Morgan fingerprint density at radius 3 is 2.53 bits per heavy atom. The molecular weight excluding hydrogens is 232 g/mol. The van der Waals surface area contributed by atoms with Crippen LogP contribution in [0.4, 0.5) is 0 Å². The van der Waals surface area contributed by atoms with Crippen molar-refractivity contribution in [2.75, 3.05) is 26.7 Å². The lowest BCUT2D eigenvalue weighted by molar-refractivity contribution is 0.304. The summed E-state index contributed by atoms with van der Waals surface area (Å²) in [5.41, 5.74) is 1.27. The molecule has 0 bridgehead atoms. The zero-order chi connectivity index (χ0) is 14.5. The predicted octanol–water partition coefficient (Wildman–Crippen LogP) is 3.55. The monoisotopic (exact) mass is 262 g/mol. The highest BCUT2D eigenvalue weighted by Crippen LogP contribution is 2.08. The third kappa shape index (κ3) is 9.46. The van der Waals surface area contributed by atoms with Crippen LogP contribution >= 0.6 is 0 Å². The van der Waals surface area contributed by atoms with Crippen molar-refractivity contribution in [3.63, 3.8) is 0 Å². The fraction of sp³-hybridized carbons (Fsp3) is 0.529. The summed E-state index contributed by atoms with van der Waals surface area (Å²) in [6.45, 7) is 16.2. The van der Waals surface area contributed by atoms with Crippen molar-refractivity contribution in [2.24, 2.45) is 0 Å². The zero-order valence-electron chi connectivity index (χ0n) is 12.7. The Hall–Kier alpha value is -1.12. The average molecular weight is 262 g/mol. The van der Waals surface area contributed by atoms with Gasteiger partial charge < -0.3 is 10.2 Å². The van der Waals surface area contributed by atoms with Crippen LogP contribution in [0.25, 0.3) is 0 Å². The van der Waals surface area contributed by atoms with Gasteiger partial charge >= 0.3 is 0 Å². The van der Waals surface area contributed by atoms with E-state index < -0.39 is 0 Å². The molecule has 2 heteroatoms. The van der Waals surface area contributed by atoms with E-state index in [4.69, 9.17) is 0 Å². The van der Waals surface area contributed by atoms with Crippen molar-refractivity contribution >= 4 is 0 Å². The van der Waals surface area contributed by atoms with Crippen molar-refractivity contribution in [1.82, 2.24) is 10.2 Å². The zero-order valence-corrected chi connectivity index (χ0v) is 12.7. The summed E-state index contributed by atoms with van der Waals surface area (Å²) in [5.74, 6) is 0. The molecule has 0 spiro atoms. The molecule has 0 aliphatic carbocycles. The highest BCUT2D eigenvalue weighted by molar-refractivity contribution is 5.21. The van der Waals surface area contributed by atoms with Crippen molar-refractivity contribution in [3.8, 4) is 0 Å². The molecule has 0 aromatic carbocycles. The molecule has 1 atom stereocenters. The van der Waals surface area contributed by atoms with Gasteiger partial charge in [0.15, 0.2) is 0 Å². The number of likely N-dealkylation sites (N-methyl/N-ethyl adjacent to an activating group) is 1.